The molecule has 124 valence electrons. The van der Waals surface area contributed by atoms with Gasteiger partial charge >= 0.3 is 6.18 Å². The molecule has 0 spiro atoms. The maximum atomic E-state index is 13.0. The molecule has 0 saturated heterocycles. The minimum absolute atomic E-state index is 0.0508. The highest BCUT2D eigenvalue weighted by Crippen LogP contribution is 2.34. The summed E-state index contributed by atoms with van der Waals surface area (Å²) in [7, 11) is 1.74. The van der Waals surface area contributed by atoms with E-state index in [9.17, 15) is 13.2 Å². The van der Waals surface area contributed by atoms with Gasteiger partial charge in [0.25, 0.3) is 0 Å². The topological polar surface area (TPSA) is 59.7 Å². The highest BCUT2D eigenvalue weighted by molar-refractivity contribution is 6.32. The van der Waals surface area contributed by atoms with E-state index in [0.29, 0.717) is 22.5 Å². The molecule has 0 amide bonds. The van der Waals surface area contributed by atoms with Crippen LogP contribution < -0.4 is 4.90 Å². The second-order valence-electron chi connectivity index (χ2n) is 5.47. The van der Waals surface area contributed by atoms with Crippen molar-refractivity contribution in [3.63, 3.8) is 0 Å². The first-order chi connectivity index (χ1) is 10.9. The number of anilines is 1. The number of halogens is 4. The molecule has 6 nitrogen and oxygen atoms in total. The van der Waals surface area contributed by atoms with Crippen LogP contribution in [0.1, 0.15) is 18.1 Å². The van der Waals surface area contributed by atoms with Crippen LogP contribution in [0.5, 0.6) is 0 Å². The molecule has 1 aliphatic rings. The molecule has 23 heavy (non-hydrogen) atoms. The average Bonchev–Trinajstić information content (AvgIpc) is 2.89. The summed E-state index contributed by atoms with van der Waals surface area (Å²) >= 11 is 6.03. The molecule has 2 aromatic rings. The van der Waals surface area contributed by atoms with Crippen molar-refractivity contribution >= 4 is 17.4 Å². The molecule has 1 aliphatic heterocycles. The molecule has 0 aromatic carbocycles. The van der Waals surface area contributed by atoms with Gasteiger partial charge in [-0.1, -0.05) is 11.6 Å². The Morgan fingerprint density at radius 1 is 1.39 bits per heavy atom. The molecule has 0 N–H and O–H groups in total. The molecule has 0 aliphatic carbocycles. The number of hydrogen-bond acceptors (Lipinski definition) is 5. The van der Waals surface area contributed by atoms with Crippen molar-refractivity contribution in [1.82, 2.24) is 24.7 Å². The summed E-state index contributed by atoms with van der Waals surface area (Å²) < 4.78 is 40.4. The van der Waals surface area contributed by atoms with E-state index in [1.54, 1.807) is 16.5 Å². The number of aromatic nitrogens is 5. The van der Waals surface area contributed by atoms with Gasteiger partial charge in [-0.25, -0.2) is 9.97 Å². The molecule has 3 heterocycles. The van der Waals surface area contributed by atoms with Gasteiger partial charge in [-0.15, -0.1) is 10.2 Å². The number of fused-ring (bicyclic) bond motifs is 1. The first kappa shape index (κ1) is 16.0. The Hall–Kier alpha value is -1.90. The highest BCUT2D eigenvalue weighted by Gasteiger charge is 2.42. The average molecular weight is 347 g/mol. The minimum atomic E-state index is -4.21. The van der Waals surface area contributed by atoms with Gasteiger partial charge in [0.15, 0.2) is 11.6 Å². The Morgan fingerprint density at radius 2 is 2.17 bits per heavy atom. The fourth-order valence-corrected chi connectivity index (χ4v) is 2.89. The van der Waals surface area contributed by atoms with E-state index in [0.717, 1.165) is 0 Å². The Labute approximate surface area is 135 Å². The van der Waals surface area contributed by atoms with Crippen molar-refractivity contribution in [2.24, 2.45) is 5.92 Å². The summed E-state index contributed by atoms with van der Waals surface area (Å²) in [6.45, 7) is 0.112. The lowest BCUT2D eigenvalue weighted by Gasteiger charge is -2.27. The van der Waals surface area contributed by atoms with Gasteiger partial charge in [0.05, 0.1) is 18.7 Å². The minimum Gasteiger partial charge on any atom is -0.351 e. The number of rotatable bonds is 3. The number of hydrogen-bond donors (Lipinski definition) is 0. The third-order valence-corrected chi connectivity index (χ3v) is 4.14. The van der Waals surface area contributed by atoms with E-state index in [1.807, 2.05) is 0 Å². The molecule has 0 bridgehead atoms. The van der Waals surface area contributed by atoms with Gasteiger partial charge in [-0.3, -0.25) is 0 Å². The molecule has 10 heteroatoms. The zero-order chi connectivity index (χ0) is 16.6. The Balaban J connectivity index is 1.81. The fraction of sp³-hybridized carbons (Fsp3) is 0.538. The summed E-state index contributed by atoms with van der Waals surface area (Å²) in [6.07, 6.45) is -1.07. The van der Waals surface area contributed by atoms with E-state index in [1.165, 1.54) is 12.5 Å². The largest absolute Gasteiger partial charge is 0.393 e. The van der Waals surface area contributed by atoms with E-state index in [-0.39, 0.29) is 25.9 Å². The normalized spacial score (nSPS) is 17.9. The van der Waals surface area contributed by atoms with Crippen molar-refractivity contribution in [2.75, 3.05) is 11.9 Å². The third-order valence-electron chi connectivity index (χ3n) is 3.87. The Bertz CT molecular complexity index is 701. The van der Waals surface area contributed by atoms with Crippen LogP contribution in [0.2, 0.25) is 5.02 Å². The van der Waals surface area contributed by atoms with Gasteiger partial charge in [0.1, 0.15) is 17.2 Å². The molecule has 2 aromatic heterocycles. The zero-order valence-corrected chi connectivity index (χ0v) is 13.0. The SMILES string of the molecule is CN(Cc1nnc2n1CC(C(F)(F)F)CC2)c1ncncc1Cl. The maximum Gasteiger partial charge on any atom is 0.393 e. The highest BCUT2D eigenvalue weighted by atomic mass is 35.5. The van der Waals surface area contributed by atoms with Gasteiger partial charge in [-0.05, 0) is 6.42 Å². The summed E-state index contributed by atoms with van der Waals surface area (Å²) in [5, 5.41) is 8.39. The van der Waals surface area contributed by atoms with Crippen molar-refractivity contribution < 1.29 is 13.2 Å². The maximum absolute atomic E-state index is 13.0. The second-order valence-corrected chi connectivity index (χ2v) is 5.88. The fourth-order valence-electron chi connectivity index (χ4n) is 2.64. The van der Waals surface area contributed by atoms with E-state index < -0.39 is 12.1 Å². The monoisotopic (exact) mass is 346 g/mol. The summed E-state index contributed by atoms with van der Waals surface area (Å²) in [5.41, 5.74) is 0. The smallest absolute Gasteiger partial charge is 0.351 e. The molecule has 1 atom stereocenters. The summed E-state index contributed by atoms with van der Waals surface area (Å²) in [5.74, 6) is 0.175. The van der Waals surface area contributed by atoms with Gasteiger partial charge < -0.3 is 9.47 Å². The molecule has 0 saturated carbocycles. The van der Waals surface area contributed by atoms with Crippen LogP contribution in [-0.4, -0.2) is 38.0 Å². The first-order valence-electron chi connectivity index (χ1n) is 7.00. The molecular weight excluding hydrogens is 333 g/mol. The van der Waals surface area contributed by atoms with E-state index >= 15 is 0 Å². The Kier molecular flexibility index (Phi) is 4.13. The van der Waals surface area contributed by atoms with E-state index in [2.05, 4.69) is 20.2 Å². The molecule has 3 rings (SSSR count). The van der Waals surface area contributed by atoms with Crippen LogP contribution in [-0.2, 0) is 19.5 Å². The van der Waals surface area contributed by atoms with Crippen molar-refractivity contribution in [3.05, 3.63) is 29.2 Å². The number of alkyl halides is 3. The third kappa shape index (κ3) is 3.24. The first-order valence-corrected chi connectivity index (χ1v) is 7.38. The second kappa shape index (κ2) is 5.95. The van der Waals surface area contributed by atoms with Crippen LogP contribution in [0.25, 0.3) is 0 Å². The van der Waals surface area contributed by atoms with Crippen LogP contribution in [0.3, 0.4) is 0 Å². The molecule has 0 radical (unpaired) electrons. The lowest BCUT2D eigenvalue weighted by atomic mass is 9.99. The summed E-state index contributed by atoms with van der Waals surface area (Å²) in [6, 6.07) is 0. The predicted octanol–water partition coefficient (Wildman–Crippen LogP) is 2.48. The van der Waals surface area contributed by atoms with Gasteiger partial charge in [0.2, 0.25) is 0 Å². The van der Waals surface area contributed by atoms with Crippen molar-refractivity contribution in [1.29, 1.82) is 0 Å². The number of nitrogens with zero attached hydrogens (tertiary/aromatic N) is 6. The molecular formula is C13H14ClF3N6. The Morgan fingerprint density at radius 3 is 2.87 bits per heavy atom. The quantitative estimate of drug-likeness (QED) is 0.854. The van der Waals surface area contributed by atoms with E-state index in [4.69, 9.17) is 11.6 Å². The van der Waals surface area contributed by atoms with Crippen LogP contribution in [0.4, 0.5) is 19.0 Å². The lowest BCUT2D eigenvalue weighted by molar-refractivity contribution is -0.182. The zero-order valence-electron chi connectivity index (χ0n) is 12.3. The van der Waals surface area contributed by atoms with Gasteiger partial charge in [0, 0.05) is 20.0 Å². The van der Waals surface area contributed by atoms with Gasteiger partial charge in [-0.2, -0.15) is 13.2 Å². The number of aryl methyl sites for hydroxylation is 1. The summed E-state index contributed by atoms with van der Waals surface area (Å²) in [4.78, 5) is 9.58. The molecule has 0 fully saturated rings. The van der Waals surface area contributed by atoms with Crippen LogP contribution in [0, 0.1) is 5.92 Å². The van der Waals surface area contributed by atoms with Crippen molar-refractivity contribution in [3.8, 4) is 0 Å². The predicted molar refractivity (Wildman–Crippen MR) is 77.0 cm³/mol. The van der Waals surface area contributed by atoms with Crippen LogP contribution in [0.15, 0.2) is 12.5 Å². The standard InChI is InChI=1S/C13H14ClF3N6/c1-22(12-9(14)4-18-7-19-12)6-11-21-20-10-3-2-8(5-23(10)11)13(15,16)17/h4,7-8H,2-3,5-6H2,1H3. The lowest BCUT2D eigenvalue weighted by Crippen LogP contribution is -2.33. The van der Waals surface area contributed by atoms with Crippen LogP contribution >= 0.6 is 11.6 Å². The molecule has 1 unspecified atom stereocenters. The van der Waals surface area contributed by atoms with Crippen molar-refractivity contribution in [2.45, 2.75) is 32.1 Å².